The molecule has 2 aliphatic carbocycles. The molecule has 2 fully saturated rings. The highest BCUT2D eigenvalue weighted by Crippen LogP contribution is 2.23. The molecule has 0 atom stereocenters. The predicted molar refractivity (Wildman–Crippen MR) is 66.5 cm³/mol. The van der Waals surface area contributed by atoms with Crippen LogP contribution in [0.1, 0.15) is 43.5 Å². The fourth-order valence-corrected chi connectivity index (χ4v) is 1.99. The quantitative estimate of drug-likeness (QED) is 0.817. The Bertz CT molecular complexity index is 372. The van der Waals surface area contributed by atoms with Crippen molar-refractivity contribution in [2.75, 3.05) is 0 Å². The molecule has 0 radical (unpaired) electrons. The van der Waals surface area contributed by atoms with Crippen molar-refractivity contribution in [1.29, 1.82) is 0 Å². The second-order valence-corrected chi connectivity index (χ2v) is 5.14. The predicted octanol–water partition coefficient (Wildman–Crippen LogP) is 2.40. The molecule has 0 bridgehead atoms. The zero-order chi connectivity index (χ0) is 11.5. The van der Waals surface area contributed by atoms with Crippen LogP contribution in [0, 0.1) is 0 Å². The zero-order valence-electron chi connectivity index (χ0n) is 10.2. The van der Waals surface area contributed by atoms with Gasteiger partial charge in [-0.15, -0.1) is 0 Å². The monoisotopic (exact) mass is 232 g/mol. The number of nitrogens with one attached hydrogen (secondary N) is 1. The third-order valence-electron chi connectivity index (χ3n) is 3.53. The van der Waals surface area contributed by atoms with E-state index in [-0.39, 0.29) is 0 Å². The molecule has 0 aliphatic heterocycles. The lowest BCUT2D eigenvalue weighted by Crippen LogP contribution is -2.21. The summed E-state index contributed by atoms with van der Waals surface area (Å²) in [7, 11) is 0. The fraction of sp³-hybridized carbons (Fsp3) is 0.643. The van der Waals surface area contributed by atoms with Gasteiger partial charge in [0.2, 0.25) is 0 Å². The van der Waals surface area contributed by atoms with E-state index in [0.29, 0.717) is 12.7 Å². The van der Waals surface area contributed by atoms with Gasteiger partial charge in [-0.05, 0) is 44.2 Å². The normalized spacial score (nSPS) is 20.2. The summed E-state index contributed by atoms with van der Waals surface area (Å²) in [5.41, 5.74) is 2.19. The molecular formula is C14H20N2O. The lowest BCUT2D eigenvalue weighted by molar-refractivity contribution is -0.0101. The van der Waals surface area contributed by atoms with Gasteiger partial charge in [0, 0.05) is 12.6 Å². The van der Waals surface area contributed by atoms with E-state index in [0.717, 1.165) is 24.0 Å². The molecule has 3 rings (SSSR count). The molecule has 0 saturated heterocycles. The van der Waals surface area contributed by atoms with Crippen LogP contribution in [0.15, 0.2) is 18.2 Å². The van der Waals surface area contributed by atoms with Crippen molar-refractivity contribution in [3.8, 4) is 0 Å². The van der Waals surface area contributed by atoms with Crippen molar-refractivity contribution in [1.82, 2.24) is 10.3 Å². The van der Waals surface area contributed by atoms with Crippen molar-refractivity contribution < 1.29 is 4.74 Å². The molecule has 2 saturated carbocycles. The topological polar surface area (TPSA) is 34.2 Å². The summed E-state index contributed by atoms with van der Waals surface area (Å²) in [6.45, 7) is 1.56. The highest BCUT2D eigenvalue weighted by atomic mass is 16.5. The summed E-state index contributed by atoms with van der Waals surface area (Å²) in [5, 5.41) is 3.48. The van der Waals surface area contributed by atoms with Gasteiger partial charge in [0.15, 0.2) is 0 Å². The van der Waals surface area contributed by atoms with Crippen molar-refractivity contribution >= 4 is 0 Å². The smallest absolute Gasteiger partial charge is 0.0891 e. The van der Waals surface area contributed by atoms with E-state index < -0.39 is 0 Å². The van der Waals surface area contributed by atoms with Gasteiger partial charge < -0.3 is 10.1 Å². The first-order valence-electron chi connectivity index (χ1n) is 6.70. The van der Waals surface area contributed by atoms with E-state index in [4.69, 9.17) is 4.74 Å². The van der Waals surface area contributed by atoms with Crippen LogP contribution >= 0.6 is 0 Å². The van der Waals surface area contributed by atoms with Crippen molar-refractivity contribution in [2.45, 2.75) is 57.4 Å². The maximum absolute atomic E-state index is 5.77. The highest BCUT2D eigenvalue weighted by Gasteiger charge is 2.20. The molecule has 1 heterocycles. The Labute approximate surface area is 103 Å². The highest BCUT2D eigenvalue weighted by molar-refractivity contribution is 5.11. The SMILES string of the molecule is c1cc(CNC2CC2)nc(COC2CCC2)c1. The largest absolute Gasteiger partial charge is 0.372 e. The minimum atomic E-state index is 0.491. The Morgan fingerprint density at radius 2 is 2.00 bits per heavy atom. The van der Waals surface area contributed by atoms with Gasteiger partial charge in [-0.25, -0.2) is 0 Å². The van der Waals surface area contributed by atoms with Crippen LogP contribution in [-0.4, -0.2) is 17.1 Å². The molecule has 2 aliphatic rings. The second kappa shape index (κ2) is 5.15. The standard InChI is InChI=1S/C14H20N2O/c1-3-12(9-15-11-7-8-11)16-13(4-1)10-17-14-5-2-6-14/h1,3-4,11,14-15H,2,5-10H2. The minimum absolute atomic E-state index is 0.491. The Balaban J connectivity index is 1.49. The Morgan fingerprint density at radius 1 is 1.18 bits per heavy atom. The van der Waals surface area contributed by atoms with Crippen LogP contribution in [0.5, 0.6) is 0 Å². The van der Waals surface area contributed by atoms with Crippen LogP contribution in [-0.2, 0) is 17.9 Å². The van der Waals surface area contributed by atoms with Gasteiger partial charge in [-0.2, -0.15) is 0 Å². The van der Waals surface area contributed by atoms with E-state index in [1.807, 2.05) is 0 Å². The third kappa shape index (κ3) is 3.27. The van der Waals surface area contributed by atoms with Gasteiger partial charge in [0.05, 0.1) is 24.1 Å². The molecule has 3 nitrogen and oxygen atoms in total. The van der Waals surface area contributed by atoms with Crippen molar-refractivity contribution in [2.24, 2.45) is 0 Å². The molecule has 1 N–H and O–H groups in total. The van der Waals surface area contributed by atoms with Gasteiger partial charge in [0.1, 0.15) is 0 Å². The maximum Gasteiger partial charge on any atom is 0.0891 e. The first-order valence-corrected chi connectivity index (χ1v) is 6.70. The Kier molecular flexibility index (Phi) is 3.39. The van der Waals surface area contributed by atoms with Gasteiger partial charge in [-0.3, -0.25) is 4.98 Å². The molecule has 17 heavy (non-hydrogen) atoms. The average molecular weight is 232 g/mol. The Hall–Kier alpha value is -0.930. The molecule has 3 heteroatoms. The lowest BCUT2D eigenvalue weighted by Gasteiger charge is -2.25. The number of pyridine rings is 1. The number of nitrogens with zero attached hydrogens (tertiary/aromatic N) is 1. The first-order chi connectivity index (χ1) is 8.40. The summed E-state index contributed by atoms with van der Waals surface area (Å²) in [6, 6.07) is 6.96. The van der Waals surface area contributed by atoms with Crippen LogP contribution in [0.4, 0.5) is 0 Å². The summed E-state index contributed by atoms with van der Waals surface area (Å²) in [5.74, 6) is 0. The maximum atomic E-state index is 5.77. The zero-order valence-corrected chi connectivity index (χ0v) is 10.2. The number of ether oxygens (including phenoxy) is 1. The van der Waals surface area contributed by atoms with E-state index in [1.54, 1.807) is 0 Å². The van der Waals surface area contributed by atoms with Crippen molar-refractivity contribution in [3.05, 3.63) is 29.6 Å². The molecular weight excluding hydrogens is 212 g/mol. The van der Waals surface area contributed by atoms with Crippen LogP contribution in [0.2, 0.25) is 0 Å². The van der Waals surface area contributed by atoms with E-state index in [9.17, 15) is 0 Å². The molecule has 92 valence electrons. The summed E-state index contributed by atoms with van der Waals surface area (Å²) in [4.78, 5) is 4.62. The number of aromatic nitrogens is 1. The molecule has 1 aromatic rings. The molecule has 1 aromatic heterocycles. The molecule has 0 spiro atoms. The summed E-state index contributed by atoms with van der Waals surface area (Å²) in [6.07, 6.45) is 6.91. The Morgan fingerprint density at radius 3 is 2.71 bits per heavy atom. The van der Waals surface area contributed by atoms with E-state index in [1.165, 1.54) is 32.1 Å². The van der Waals surface area contributed by atoms with Crippen LogP contribution in [0.25, 0.3) is 0 Å². The van der Waals surface area contributed by atoms with E-state index in [2.05, 4.69) is 28.5 Å². The number of hydrogen-bond donors (Lipinski definition) is 1. The number of rotatable bonds is 6. The minimum Gasteiger partial charge on any atom is -0.372 e. The van der Waals surface area contributed by atoms with Gasteiger partial charge in [0.25, 0.3) is 0 Å². The lowest BCUT2D eigenvalue weighted by atomic mass is 9.96. The fourth-order valence-electron chi connectivity index (χ4n) is 1.99. The van der Waals surface area contributed by atoms with Crippen molar-refractivity contribution in [3.63, 3.8) is 0 Å². The third-order valence-corrected chi connectivity index (χ3v) is 3.53. The average Bonchev–Trinajstić information content (AvgIpc) is 3.09. The summed E-state index contributed by atoms with van der Waals surface area (Å²) < 4.78 is 5.77. The van der Waals surface area contributed by atoms with Gasteiger partial charge >= 0.3 is 0 Å². The molecule has 0 aromatic carbocycles. The second-order valence-electron chi connectivity index (χ2n) is 5.14. The van der Waals surface area contributed by atoms with Crippen LogP contribution in [0.3, 0.4) is 0 Å². The first kappa shape index (κ1) is 11.2. The van der Waals surface area contributed by atoms with E-state index >= 15 is 0 Å². The van der Waals surface area contributed by atoms with Crippen LogP contribution < -0.4 is 5.32 Å². The van der Waals surface area contributed by atoms with Gasteiger partial charge in [-0.1, -0.05) is 6.07 Å². The molecule has 0 unspecified atom stereocenters. The summed E-state index contributed by atoms with van der Waals surface area (Å²) >= 11 is 0. The molecule has 0 amide bonds. The number of hydrogen-bond acceptors (Lipinski definition) is 3.